The minimum Gasteiger partial charge on any atom is -0.587 e. The smallest absolute Gasteiger partial charge is 0.328 e. The first kappa shape index (κ1) is 17.1. The van der Waals surface area contributed by atoms with Crippen LogP contribution in [-0.2, 0) is 11.4 Å². The molecule has 142 valence electrons. The number of fused-ring (bicyclic) bond motifs is 2. The Hall–Kier alpha value is -3.04. The zero-order valence-corrected chi connectivity index (χ0v) is 15.4. The molecule has 0 radical (unpaired) electrons. The molecule has 1 saturated heterocycles. The van der Waals surface area contributed by atoms with Crippen LogP contribution in [-0.4, -0.2) is 32.9 Å². The third-order valence-corrected chi connectivity index (χ3v) is 5.83. The van der Waals surface area contributed by atoms with Crippen LogP contribution in [0.1, 0.15) is 17.0 Å². The molecule has 7 nitrogen and oxygen atoms in total. The number of anilines is 1. The van der Waals surface area contributed by atoms with Crippen molar-refractivity contribution in [1.29, 1.82) is 0 Å². The Morgan fingerprint density at radius 1 is 1.29 bits per heavy atom. The highest BCUT2D eigenvalue weighted by Crippen LogP contribution is 2.30. The highest BCUT2D eigenvalue weighted by Gasteiger charge is 2.25. The van der Waals surface area contributed by atoms with Crippen LogP contribution in [0.25, 0.3) is 16.6 Å². The number of pyridine rings is 1. The largest absolute Gasteiger partial charge is 0.587 e. The average molecular weight is 398 g/mol. The average Bonchev–Trinajstić information content (AvgIpc) is 3.24. The summed E-state index contributed by atoms with van der Waals surface area (Å²) in [5.74, 6) is -1.24. The van der Waals surface area contributed by atoms with Crippen LogP contribution in [0.5, 0.6) is 0 Å². The van der Waals surface area contributed by atoms with Gasteiger partial charge in [0.05, 0.1) is 5.39 Å². The predicted octanol–water partition coefficient (Wildman–Crippen LogP) is 2.88. The molecule has 5 rings (SSSR count). The summed E-state index contributed by atoms with van der Waals surface area (Å²) in [6.07, 6.45) is 4.21. The fourth-order valence-electron chi connectivity index (χ4n) is 3.18. The zero-order chi connectivity index (χ0) is 19.3. The van der Waals surface area contributed by atoms with Crippen molar-refractivity contribution in [2.24, 2.45) is 0 Å². The van der Waals surface area contributed by atoms with Crippen molar-refractivity contribution in [2.45, 2.75) is 11.4 Å². The van der Waals surface area contributed by atoms with Gasteiger partial charge in [0.25, 0.3) is 5.03 Å². The summed E-state index contributed by atoms with van der Waals surface area (Å²) in [5.41, 5.74) is 1.63. The maximum Gasteiger partial charge on any atom is 0.328 e. The van der Waals surface area contributed by atoms with E-state index in [1.54, 1.807) is 28.8 Å². The van der Waals surface area contributed by atoms with Gasteiger partial charge in [-0.05, 0) is 24.6 Å². The van der Waals surface area contributed by atoms with Crippen molar-refractivity contribution >= 4 is 39.6 Å². The minimum atomic E-state index is -1.85. The van der Waals surface area contributed by atoms with E-state index in [1.807, 2.05) is 11.0 Å². The number of nitrogens with one attached hydrogen (secondary N) is 1. The number of halogens is 1. The monoisotopic (exact) mass is 398 g/mol. The molecular weight excluding hydrogens is 383 g/mol. The third-order valence-electron chi connectivity index (χ3n) is 4.78. The number of nitrogens with zero attached hydrogens (tertiary/aromatic N) is 3. The van der Waals surface area contributed by atoms with Crippen LogP contribution in [0, 0.1) is 5.82 Å². The Morgan fingerprint density at radius 2 is 2.14 bits per heavy atom. The molecule has 0 bridgehead atoms. The second-order valence-corrected chi connectivity index (χ2v) is 7.68. The number of imidazole rings is 1. The highest BCUT2D eigenvalue weighted by atomic mass is 32.2. The minimum absolute atomic E-state index is 0.100. The van der Waals surface area contributed by atoms with Gasteiger partial charge in [-0.2, -0.15) is 4.72 Å². The van der Waals surface area contributed by atoms with Gasteiger partial charge in [0.15, 0.2) is 5.76 Å². The Balaban J connectivity index is 1.41. The van der Waals surface area contributed by atoms with Gasteiger partial charge in [0.1, 0.15) is 34.6 Å². The van der Waals surface area contributed by atoms with E-state index in [2.05, 4.69) is 9.71 Å². The number of amides is 1. The second kappa shape index (κ2) is 6.54. The lowest BCUT2D eigenvalue weighted by molar-refractivity contribution is 0.0956. The lowest BCUT2D eigenvalue weighted by Gasteiger charge is -2.33. The van der Waals surface area contributed by atoms with Crippen LogP contribution in [0.15, 0.2) is 58.2 Å². The molecule has 0 aliphatic carbocycles. The highest BCUT2D eigenvalue weighted by molar-refractivity contribution is 7.90. The van der Waals surface area contributed by atoms with E-state index in [-0.39, 0.29) is 16.7 Å². The molecule has 3 aromatic heterocycles. The van der Waals surface area contributed by atoms with E-state index in [0.717, 1.165) is 25.2 Å². The quantitative estimate of drug-likeness (QED) is 0.534. The van der Waals surface area contributed by atoms with Gasteiger partial charge in [-0.25, -0.2) is 9.37 Å². The van der Waals surface area contributed by atoms with Crippen molar-refractivity contribution in [3.8, 4) is 0 Å². The van der Waals surface area contributed by atoms with Gasteiger partial charge in [-0.1, -0.05) is 6.07 Å². The van der Waals surface area contributed by atoms with Gasteiger partial charge in [0, 0.05) is 37.1 Å². The molecule has 4 heterocycles. The van der Waals surface area contributed by atoms with Crippen molar-refractivity contribution in [3.63, 3.8) is 0 Å². The normalized spacial score (nSPS) is 15.0. The Morgan fingerprint density at radius 3 is 2.93 bits per heavy atom. The maximum absolute atomic E-state index is 14.4. The van der Waals surface area contributed by atoms with Crippen LogP contribution in [0.4, 0.5) is 10.1 Å². The van der Waals surface area contributed by atoms with Crippen molar-refractivity contribution in [3.05, 3.63) is 60.4 Å². The summed E-state index contributed by atoms with van der Waals surface area (Å²) in [7, 11) is 0. The summed E-state index contributed by atoms with van der Waals surface area (Å²) in [6.45, 7) is 1.74. The first-order chi connectivity index (χ1) is 13.6. The topological polar surface area (TPSA) is 85.8 Å². The van der Waals surface area contributed by atoms with E-state index in [4.69, 9.17) is 4.42 Å². The number of rotatable bonds is 4. The molecule has 1 aliphatic heterocycles. The molecule has 1 unspecified atom stereocenters. The maximum atomic E-state index is 14.4. The van der Waals surface area contributed by atoms with Gasteiger partial charge in [0.2, 0.25) is 0 Å². The fraction of sp³-hybridized carbons (Fsp3) is 0.158. The van der Waals surface area contributed by atoms with Gasteiger partial charge >= 0.3 is 5.91 Å². The van der Waals surface area contributed by atoms with Crippen LogP contribution >= 0.6 is 0 Å². The number of benzene rings is 1. The number of furan rings is 1. The zero-order valence-electron chi connectivity index (χ0n) is 14.6. The molecule has 1 atom stereocenters. The number of carbonyl (C=O) groups is 1. The van der Waals surface area contributed by atoms with E-state index in [1.165, 1.54) is 18.3 Å². The van der Waals surface area contributed by atoms with E-state index >= 15 is 0 Å². The molecule has 1 N–H and O–H groups in total. The van der Waals surface area contributed by atoms with E-state index < -0.39 is 23.1 Å². The lowest BCUT2D eigenvalue weighted by atomic mass is 10.1. The Labute approximate surface area is 162 Å². The molecule has 28 heavy (non-hydrogen) atoms. The SMILES string of the molecule is O=C(N[S+]([O-])c1cnc2ccccn12)c1cc2c(F)cc(N3CCC3)cc2o1. The summed E-state index contributed by atoms with van der Waals surface area (Å²) in [4.78, 5) is 18.7. The Kier molecular flexibility index (Phi) is 3.99. The van der Waals surface area contributed by atoms with Gasteiger partial charge < -0.3 is 13.9 Å². The van der Waals surface area contributed by atoms with Crippen LogP contribution in [0.3, 0.4) is 0 Å². The van der Waals surface area contributed by atoms with Crippen LogP contribution < -0.4 is 9.62 Å². The predicted molar refractivity (Wildman–Crippen MR) is 102 cm³/mol. The molecule has 0 saturated carbocycles. The third kappa shape index (κ3) is 2.79. The molecule has 1 aromatic carbocycles. The molecule has 9 heteroatoms. The molecule has 1 aliphatic rings. The van der Waals surface area contributed by atoms with Crippen molar-refractivity contribution in [2.75, 3.05) is 18.0 Å². The second-order valence-electron chi connectivity index (χ2n) is 6.52. The van der Waals surface area contributed by atoms with E-state index in [0.29, 0.717) is 10.7 Å². The summed E-state index contributed by atoms with van der Waals surface area (Å²) in [6, 6.07) is 9.83. The standard InChI is InChI=1S/C19H15FN4O3S/c20-14-8-12(23-5-3-6-23)9-15-13(14)10-16(27-15)19(25)22-28(26)18-11-21-17-4-1-2-7-24(17)18/h1-2,4,7-11H,3,5-6H2,(H,22,25). The number of aromatic nitrogens is 2. The first-order valence-electron chi connectivity index (χ1n) is 8.73. The molecule has 1 fully saturated rings. The Bertz CT molecular complexity index is 1200. The van der Waals surface area contributed by atoms with Gasteiger partial charge in [-0.15, -0.1) is 0 Å². The molecule has 1 amide bonds. The van der Waals surface area contributed by atoms with Gasteiger partial charge in [-0.3, -0.25) is 9.20 Å². The molecular formula is C19H15FN4O3S. The van der Waals surface area contributed by atoms with Crippen molar-refractivity contribution in [1.82, 2.24) is 14.1 Å². The lowest BCUT2D eigenvalue weighted by Crippen LogP contribution is -2.36. The number of carbonyl (C=O) groups excluding carboxylic acids is 1. The number of hydrogen-bond acceptors (Lipinski definition) is 5. The molecule has 0 spiro atoms. The summed E-state index contributed by atoms with van der Waals surface area (Å²) >= 11 is -1.85. The van der Waals surface area contributed by atoms with E-state index in [9.17, 15) is 13.7 Å². The summed E-state index contributed by atoms with van der Waals surface area (Å²) < 4.78 is 36.5. The fourth-order valence-corrected chi connectivity index (χ4v) is 4.04. The summed E-state index contributed by atoms with van der Waals surface area (Å²) in [5, 5.41) is 0.543. The first-order valence-corrected chi connectivity index (χ1v) is 9.88. The number of hydrogen-bond donors (Lipinski definition) is 1. The molecule has 4 aromatic rings. The van der Waals surface area contributed by atoms with Crippen LogP contribution in [0.2, 0.25) is 0 Å². The van der Waals surface area contributed by atoms with Crippen molar-refractivity contribution < 1.29 is 18.2 Å².